The molecule has 0 saturated carbocycles. The number of rotatable bonds is 3. The van der Waals surface area contributed by atoms with Gasteiger partial charge in [0, 0.05) is 25.2 Å². The molecule has 152 valence electrons. The third kappa shape index (κ3) is 3.99. The zero-order valence-electron chi connectivity index (χ0n) is 16.1. The molecule has 2 aromatic carbocycles. The topological polar surface area (TPSA) is 38.1 Å². The quantitative estimate of drug-likeness (QED) is 0.625. The van der Waals surface area contributed by atoms with Crippen molar-refractivity contribution in [3.8, 4) is 0 Å². The lowest BCUT2D eigenvalue weighted by atomic mass is 9.96. The number of piperidine rings is 1. The number of para-hydroxylation sites is 2. The first kappa shape index (κ1) is 19.5. The van der Waals surface area contributed by atoms with Crippen molar-refractivity contribution in [2.24, 2.45) is 5.92 Å². The number of amides is 1. The van der Waals surface area contributed by atoms with Crippen molar-refractivity contribution in [3.05, 3.63) is 65.5 Å². The van der Waals surface area contributed by atoms with Crippen molar-refractivity contribution in [1.29, 1.82) is 0 Å². The van der Waals surface area contributed by atoms with Gasteiger partial charge < -0.3 is 9.47 Å². The maximum atomic E-state index is 13.5. The largest absolute Gasteiger partial charge is 0.449 e. The molecule has 0 aliphatic carbocycles. The fourth-order valence-corrected chi connectivity index (χ4v) is 3.93. The summed E-state index contributed by atoms with van der Waals surface area (Å²) in [6, 6.07) is 14.1. The van der Waals surface area contributed by atoms with Crippen LogP contribution in [0.15, 0.2) is 48.5 Å². The molecule has 0 unspecified atom stereocenters. The zero-order chi connectivity index (χ0) is 20.6. The summed E-state index contributed by atoms with van der Waals surface area (Å²) in [5.41, 5.74) is 2.59. The van der Waals surface area contributed by atoms with E-state index in [9.17, 15) is 18.0 Å². The minimum absolute atomic E-state index is 0.0208. The van der Waals surface area contributed by atoms with Crippen LogP contribution in [-0.4, -0.2) is 33.4 Å². The number of imidazole rings is 1. The molecule has 0 N–H and O–H groups in total. The van der Waals surface area contributed by atoms with Crippen molar-refractivity contribution in [3.63, 3.8) is 0 Å². The van der Waals surface area contributed by atoms with Gasteiger partial charge in [0.2, 0.25) is 5.82 Å². The average molecular weight is 401 g/mol. The highest BCUT2D eigenvalue weighted by Crippen LogP contribution is 2.33. The Morgan fingerprint density at radius 2 is 1.72 bits per heavy atom. The van der Waals surface area contributed by atoms with E-state index in [-0.39, 0.29) is 18.4 Å². The molecule has 1 fully saturated rings. The molecule has 0 bridgehead atoms. The Bertz CT molecular complexity index is 1020. The highest BCUT2D eigenvalue weighted by atomic mass is 19.4. The summed E-state index contributed by atoms with van der Waals surface area (Å²) in [6.07, 6.45) is -3.16. The molecular formula is C22H22F3N3O. The molecule has 2 heterocycles. The molecular weight excluding hydrogens is 379 g/mol. The number of hydrogen-bond donors (Lipinski definition) is 0. The number of fused-ring (bicyclic) bond motifs is 1. The van der Waals surface area contributed by atoms with Gasteiger partial charge in [0.1, 0.15) is 0 Å². The van der Waals surface area contributed by atoms with E-state index in [4.69, 9.17) is 0 Å². The van der Waals surface area contributed by atoms with Crippen molar-refractivity contribution in [2.75, 3.05) is 13.1 Å². The summed E-state index contributed by atoms with van der Waals surface area (Å²) in [7, 11) is 0. The van der Waals surface area contributed by atoms with Crippen LogP contribution in [0.1, 0.15) is 34.6 Å². The number of likely N-dealkylation sites (tertiary alicyclic amines) is 1. The molecule has 1 saturated heterocycles. The van der Waals surface area contributed by atoms with Gasteiger partial charge in [-0.1, -0.05) is 29.8 Å². The monoisotopic (exact) mass is 401 g/mol. The van der Waals surface area contributed by atoms with E-state index in [1.54, 1.807) is 29.2 Å². The van der Waals surface area contributed by atoms with Gasteiger partial charge in [-0.05, 0) is 49.9 Å². The fraction of sp³-hybridized carbons (Fsp3) is 0.364. The Hall–Kier alpha value is -2.83. The van der Waals surface area contributed by atoms with Gasteiger partial charge in [0.15, 0.2) is 0 Å². The summed E-state index contributed by atoms with van der Waals surface area (Å²) in [4.78, 5) is 18.3. The summed E-state index contributed by atoms with van der Waals surface area (Å²) in [6.45, 7) is 3.31. The van der Waals surface area contributed by atoms with Crippen LogP contribution in [0.5, 0.6) is 0 Å². The molecule has 1 aromatic heterocycles. The number of halogens is 3. The third-order valence-electron chi connectivity index (χ3n) is 5.55. The summed E-state index contributed by atoms with van der Waals surface area (Å²) in [5, 5.41) is 0. The van der Waals surface area contributed by atoms with Crippen molar-refractivity contribution >= 4 is 16.9 Å². The third-order valence-corrected chi connectivity index (χ3v) is 5.55. The van der Waals surface area contributed by atoms with Gasteiger partial charge >= 0.3 is 6.18 Å². The van der Waals surface area contributed by atoms with Crippen molar-refractivity contribution in [1.82, 2.24) is 14.5 Å². The van der Waals surface area contributed by atoms with Crippen LogP contribution in [0.2, 0.25) is 0 Å². The minimum Gasteiger partial charge on any atom is -0.339 e. The van der Waals surface area contributed by atoms with Crippen LogP contribution < -0.4 is 0 Å². The Kier molecular flexibility index (Phi) is 5.06. The lowest BCUT2D eigenvalue weighted by Crippen LogP contribution is -2.39. The van der Waals surface area contributed by atoms with Gasteiger partial charge in [-0.3, -0.25) is 4.79 Å². The summed E-state index contributed by atoms with van der Waals surface area (Å²) in [5.74, 6) is -0.805. The minimum atomic E-state index is -4.50. The SMILES string of the molecule is Cc1ccc(C(=O)N2CCC(Cn3c(C(F)(F)F)nc4ccccc43)CC2)cc1. The number of alkyl halides is 3. The average Bonchev–Trinajstić information content (AvgIpc) is 3.08. The zero-order valence-corrected chi connectivity index (χ0v) is 16.1. The lowest BCUT2D eigenvalue weighted by Gasteiger charge is -2.32. The molecule has 0 radical (unpaired) electrons. The number of benzene rings is 2. The molecule has 4 nitrogen and oxygen atoms in total. The maximum Gasteiger partial charge on any atom is 0.449 e. The smallest absolute Gasteiger partial charge is 0.339 e. The summed E-state index contributed by atoms with van der Waals surface area (Å²) < 4.78 is 41.8. The standard InChI is InChI=1S/C22H22F3N3O/c1-15-6-8-17(9-7-15)20(29)27-12-10-16(11-13-27)14-28-19-5-3-2-4-18(19)26-21(28)22(23,24)25/h2-9,16H,10-14H2,1H3. The first-order valence-electron chi connectivity index (χ1n) is 9.71. The van der Waals surface area contributed by atoms with Crippen LogP contribution >= 0.6 is 0 Å². The molecule has 3 aromatic rings. The number of carbonyl (C=O) groups is 1. The van der Waals surface area contributed by atoms with E-state index in [0.717, 1.165) is 5.56 Å². The Labute approximate surface area is 167 Å². The maximum absolute atomic E-state index is 13.5. The number of hydrogen-bond acceptors (Lipinski definition) is 2. The first-order valence-corrected chi connectivity index (χ1v) is 9.71. The normalized spacial score (nSPS) is 15.8. The van der Waals surface area contributed by atoms with Gasteiger partial charge in [0.25, 0.3) is 5.91 Å². The second kappa shape index (κ2) is 7.54. The second-order valence-corrected chi connectivity index (χ2v) is 7.63. The van der Waals surface area contributed by atoms with Crippen molar-refractivity contribution < 1.29 is 18.0 Å². The van der Waals surface area contributed by atoms with Crippen LogP contribution in [-0.2, 0) is 12.7 Å². The van der Waals surface area contributed by atoms with E-state index >= 15 is 0 Å². The highest BCUT2D eigenvalue weighted by Gasteiger charge is 2.38. The molecule has 1 aliphatic rings. The second-order valence-electron chi connectivity index (χ2n) is 7.63. The van der Waals surface area contributed by atoms with Crippen LogP contribution in [0, 0.1) is 12.8 Å². The van der Waals surface area contributed by atoms with Crippen LogP contribution in [0.25, 0.3) is 11.0 Å². The molecule has 1 amide bonds. The predicted molar refractivity (Wildman–Crippen MR) is 105 cm³/mol. The summed E-state index contributed by atoms with van der Waals surface area (Å²) >= 11 is 0. The number of aromatic nitrogens is 2. The molecule has 0 atom stereocenters. The molecule has 0 spiro atoms. The molecule has 7 heteroatoms. The predicted octanol–water partition coefficient (Wildman–Crippen LogP) is 4.92. The van der Waals surface area contributed by atoms with Gasteiger partial charge in [-0.15, -0.1) is 0 Å². The van der Waals surface area contributed by atoms with E-state index < -0.39 is 12.0 Å². The van der Waals surface area contributed by atoms with E-state index in [1.165, 1.54) is 4.57 Å². The molecule has 29 heavy (non-hydrogen) atoms. The number of carbonyl (C=O) groups excluding carboxylic acids is 1. The Morgan fingerprint density at radius 3 is 2.38 bits per heavy atom. The van der Waals surface area contributed by atoms with E-state index in [2.05, 4.69) is 4.98 Å². The van der Waals surface area contributed by atoms with Crippen LogP contribution in [0.4, 0.5) is 13.2 Å². The highest BCUT2D eigenvalue weighted by molar-refractivity contribution is 5.94. The van der Waals surface area contributed by atoms with Gasteiger partial charge in [0.05, 0.1) is 11.0 Å². The molecule has 4 rings (SSSR count). The van der Waals surface area contributed by atoms with E-state index in [0.29, 0.717) is 42.5 Å². The Morgan fingerprint density at radius 1 is 1.07 bits per heavy atom. The van der Waals surface area contributed by atoms with Gasteiger partial charge in [-0.2, -0.15) is 13.2 Å². The van der Waals surface area contributed by atoms with Gasteiger partial charge in [-0.25, -0.2) is 4.98 Å². The Balaban J connectivity index is 1.48. The van der Waals surface area contributed by atoms with E-state index in [1.807, 2.05) is 31.2 Å². The van der Waals surface area contributed by atoms with Crippen molar-refractivity contribution in [2.45, 2.75) is 32.5 Å². The fourth-order valence-electron chi connectivity index (χ4n) is 3.93. The number of nitrogens with zero attached hydrogens (tertiary/aromatic N) is 3. The number of aryl methyl sites for hydroxylation is 1. The van der Waals surface area contributed by atoms with Crippen LogP contribution in [0.3, 0.4) is 0 Å². The molecule has 1 aliphatic heterocycles. The first-order chi connectivity index (χ1) is 13.8. The lowest BCUT2D eigenvalue weighted by molar-refractivity contribution is -0.147.